The minimum atomic E-state index is -4.37. The number of carboxylic acids is 1. The van der Waals surface area contributed by atoms with Crippen molar-refractivity contribution in [2.24, 2.45) is 0 Å². The van der Waals surface area contributed by atoms with E-state index >= 15 is 0 Å². The van der Waals surface area contributed by atoms with Gasteiger partial charge in [0.2, 0.25) is 0 Å². The number of pyridine rings is 1. The summed E-state index contributed by atoms with van der Waals surface area (Å²) in [6.07, 6.45) is -1.13. The van der Waals surface area contributed by atoms with Crippen LogP contribution < -0.4 is 4.74 Å². The highest BCUT2D eigenvalue weighted by Gasteiger charge is 2.30. The van der Waals surface area contributed by atoms with Crippen molar-refractivity contribution < 1.29 is 27.8 Å². The van der Waals surface area contributed by atoms with Crippen LogP contribution in [0.15, 0.2) is 97.3 Å². The highest BCUT2D eigenvalue weighted by atomic mass is 19.4. The van der Waals surface area contributed by atoms with E-state index in [4.69, 9.17) is 4.74 Å². The second-order valence-corrected chi connectivity index (χ2v) is 8.06. The monoisotopic (exact) mass is 477 g/mol. The third kappa shape index (κ3) is 6.26. The van der Waals surface area contributed by atoms with Crippen molar-refractivity contribution in [3.8, 4) is 16.9 Å². The van der Waals surface area contributed by atoms with Crippen LogP contribution in [0.25, 0.3) is 11.1 Å². The Morgan fingerprint density at radius 2 is 1.51 bits per heavy atom. The van der Waals surface area contributed by atoms with Gasteiger partial charge < -0.3 is 9.84 Å². The van der Waals surface area contributed by atoms with E-state index in [1.807, 2.05) is 48.5 Å². The Bertz CT molecular complexity index is 1270. The Morgan fingerprint density at radius 3 is 2.14 bits per heavy atom. The summed E-state index contributed by atoms with van der Waals surface area (Å²) in [7, 11) is 0. The van der Waals surface area contributed by atoms with E-state index in [1.54, 1.807) is 24.5 Å². The van der Waals surface area contributed by atoms with Crippen molar-refractivity contribution in [2.75, 3.05) is 0 Å². The zero-order chi connectivity index (χ0) is 24.8. The lowest BCUT2D eigenvalue weighted by molar-refractivity contribution is -0.138. The summed E-state index contributed by atoms with van der Waals surface area (Å²) in [6, 6.07) is 23.4. The molecule has 1 aromatic heterocycles. The predicted molar refractivity (Wildman–Crippen MR) is 126 cm³/mol. The van der Waals surface area contributed by atoms with E-state index in [1.165, 1.54) is 12.1 Å². The van der Waals surface area contributed by atoms with Gasteiger partial charge in [0.25, 0.3) is 0 Å². The van der Waals surface area contributed by atoms with E-state index in [2.05, 4.69) is 4.98 Å². The van der Waals surface area contributed by atoms with E-state index in [0.29, 0.717) is 11.3 Å². The largest absolute Gasteiger partial charge is 0.489 e. The van der Waals surface area contributed by atoms with E-state index in [9.17, 15) is 23.1 Å². The van der Waals surface area contributed by atoms with Gasteiger partial charge in [-0.15, -0.1) is 0 Å². The molecule has 0 fully saturated rings. The minimum absolute atomic E-state index is 0.0407. The lowest BCUT2D eigenvalue weighted by Crippen LogP contribution is -2.08. The van der Waals surface area contributed by atoms with Crippen molar-refractivity contribution in [1.82, 2.24) is 4.98 Å². The van der Waals surface area contributed by atoms with E-state index < -0.39 is 17.7 Å². The van der Waals surface area contributed by atoms with Gasteiger partial charge in [-0.05, 0) is 70.3 Å². The van der Waals surface area contributed by atoms with Crippen LogP contribution in [-0.2, 0) is 17.6 Å². The number of nitrogens with zero attached hydrogens (tertiary/aromatic N) is 1. The number of carboxylic acid groups (broad SMARTS) is 1. The second-order valence-electron chi connectivity index (χ2n) is 8.06. The maximum Gasteiger partial charge on any atom is 0.416 e. The first-order valence-corrected chi connectivity index (χ1v) is 10.9. The topological polar surface area (TPSA) is 59.4 Å². The molecule has 1 unspecified atom stereocenters. The van der Waals surface area contributed by atoms with Gasteiger partial charge in [-0.3, -0.25) is 9.78 Å². The number of aliphatic carboxylic acids is 1. The SMILES string of the molecule is O=C(O)CC(c1ccncc1)c1ccc(OCc2cccc(-c3ccc(C(F)(F)F)cc3)c2)cc1. The highest BCUT2D eigenvalue weighted by Crippen LogP contribution is 2.32. The van der Waals surface area contributed by atoms with Crippen LogP contribution in [0.1, 0.15) is 34.6 Å². The first kappa shape index (κ1) is 24.0. The number of carbonyl (C=O) groups is 1. The molecule has 0 amide bonds. The molecule has 1 atom stereocenters. The lowest BCUT2D eigenvalue weighted by Gasteiger charge is -2.16. The summed E-state index contributed by atoms with van der Waals surface area (Å²) in [4.78, 5) is 15.4. The van der Waals surface area contributed by atoms with Crippen molar-refractivity contribution in [1.29, 1.82) is 0 Å². The van der Waals surface area contributed by atoms with Crippen LogP contribution in [0.3, 0.4) is 0 Å². The van der Waals surface area contributed by atoms with E-state index in [-0.39, 0.29) is 18.9 Å². The average Bonchev–Trinajstić information content (AvgIpc) is 2.87. The molecular formula is C28H22F3NO3. The first-order valence-electron chi connectivity index (χ1n) is 10.9. The number of alkyl halides is 3. The minimum Gasteiger partial charge on any atom is -0.489 e. The average molecular weight is 477 g/mol. The maximum atomic E-state index is 12.8. The van der Waals surface area contributed by atoms with Crippen molar-refractivity contribution in [3.63, 3.8) is 0 Å². The number of halogens is 3. The number of benzene rings is 3. The molecule has 0 spiro atoms. The van der Waals surface area contributed by atoms with Crippen molar-refractivity contribution in [3.05, 3.63) is 120 Å². The highest BCUT2D eigenvalue weighted by molar-refractivity contribution is 5.69. The summed E-state index contributed by atoms with van der Waals surface area (Å²) in [5.74, 6) is -0.567. The number of rotatable bonds is 8. The molecule has 0 saturated carbocycles. The summed E-state index contributed by atoms with van der Waals surface area (Å²) in [5.41, 5.74) is 3.39. The molecule has 4 aromatic rings. The van der Waals surface area contributed by atoms with Gasteiger partial charge in [-0.2, -0.15) is 13.2 Å². The molecule has 0 aliphatic carbocycles. The van der Waals surface area contributed by atoms with Gasteiger partial charge in [-0.1, -0.05) is 42.5 Å². The molecular weight excluding hydrogens is 455 g/mol. The molecule has 0 aliphatic heterocycles. The molecule has 7 heteroatoms. The van der Waals surface area contributed by atoms with Gasteiger partial charge in [0.15, 0.2) is 0 Å². The van der Waals surface area contributed by atoms with Crippen LogP contribution in [0.5, 0.6) is 5.75 Å². The first-order chi connectivity index (χ1) is 16.8. The zero-order valence-corrected chi connectivity index (χ0v) is 18.6. The summed E-state index contributed by atoms with van der Waals surface area (Å²) < 4.78 is 44.3. The fourth-order valence-electron chi connectivity index (χ4n) is 3.85. The standard InChI is InChI=1S/C28H22F3NO3/c29-28(30,31)24-8-4-20(5-9-24)23-3-1-2-19(16-23)18-35-25-10-6-21(7-11-25)26(17-27(33)34)22-12-14-32-15-13-22/h1-16,26H,17-18H2,(H,33,34). The molecule has 4 rings (SSSR count). The van der Waals surface area contributed by atoms with Gasteiger partial charge in [0.05, 0.1) is 12.0 Å². The molecule has 0 bridgehead atoms. The maximum absolute atomic E-state index is 12.8. The fraction of sp³-hybridized carbons (Fsp3) is 0.143. The van der Waals surface area contributed by atoms with Crippen LogP contribution in [0.4, 0.5) is 13.2 Å². The van der Waals surface area contributed by atoms with Crippen LogP contribution >= 0.6 is 0 Å². The van der Waals surface area contributed by atoms with Gasteiger partial charge in [-0.25, -0.2) is 0 Å². The number of hydrogen-bond acceptors (Lipinski definition) is 3. The normalized spacial score (nSPS) is 12.2. The molecule has 0 radical (unpaired) electrons. The van der Waals surface area contributed by atoms with Crippen LogP contribution in [-0.4, -0.2) is 16.1 Å². The Morgan fingerprint density at radius 1 is 0.857 bits per heavy atom. The fourth-order valence-corrected chi connectivity index (χ4v) is 3.85. The number of aromatic nitrogens is 1. The van der Waals surface area contributed by atoms with Gasteiger partial charge in [0, 0.05) is 18.3 Å². The molecule has 1 N–H and O–H groups in total. The Balaban J connectivity index is 1.44. The molecule has 0 aliphatic rings. The van der Waals surface area contributed by atoms with Gasteiger partial charge >= 0.3 is 12.1 Å². The van der Waals surface area contributed by atoms with Crippen molar-refractivity contribution in [2.45, 2.75) is 25.1 Å². The third-order valence-electron chi connectivity index (χ3n) is 5.65. The van der Waals surface area contributed by atoms with Crippen LogP contribution in [0.2, 0.25) is 0 Å². The number of ether oxygens (including phenoxy) is 1. The predicted octanol–water partition coefficient (Wildman–Crippen LogP) is 6.95. The molecule has 0 saturated heterocycles. The molecule has 35 heavy (non-hydrogen) atoms. The Labute approximate surface area is 200 Å². The van der Waals surface area contributed by atoms with Gasteiger partial charge in [0.1, 0.15) is 12.4 Å². The molecule has 3 aromatic carbocycles. The summed E-state index contributed by atoms with van der Waals surface area (Å²) in [5, 5.41) is 9.34. The Hall–Kier alpha value is -4.13. The zero-order valence-electron chi connectivity index (χ0n) is 18.6. The summed E-state index contributed by atoms with van der Waals surface area (Å²) in [6.45, 7) is 0.275. The van der Waals surface area contributed by atoms with E-state index in [0.717, 1.165) is 34.4 Å². The smallest absolute Gasteiger partial charge is 0.416 e. The van der Waals surface area contributed by atoms with Crippen molar-refractivity contribution >= 4 is 5.97 Å². The lowest BCUT2D eigenvalue weighted by atomic mass is 9.89. The third-order valence-corrected chi connectivity index (χ3v) is 5.65. The quantitative estimate of drug-likeness (QED) is 0.298. The summed E-state index contributed by atoms with van der Waals surface area (Å²) >= 11 is 0. The molecule has 178 valence electrons. The van der Waals surface area contributed by atoms with Crippen LogP contribution in [0, 0.1) is 0 Å². The number of hydrogen-bond donors (Lipinski definition) is 1. The Kier molecular flexibility index (Phi) is 7.15. The molecule has 1 heterocycles. The molecule has 4 nitrogen and oxygen atoms in total. The second kappa shape index (κ2) is 10.4.